The van der Waals surface area contributed by atoms with Crippen molar-refractivity contribution >= 4 is 18.4 Å². The Morgan fingerprint density at radius 1 is 1.58 bits per heavy atom. The molecule has 1 atom stereocenters. The third-order valence-electron chi connectivity index (χ3n) is 2.73. The lowest BCUT2D eigenvalue weighted by molar-refractivity contribution is -0.211. The standard InChI is InChI=1S/C7H11NO3.ClH/c8-5-3-11-7(6(9)10)1-4(5)2-7;/h4-5H,1-3,8H2,(H,9,10);1H. The van der Waals surface area contributed by atoms with E-state index < -0.39 is 11.6 Å². The van der Waals surface area contributed by atoms with Gasteiger partial charge in [-0.2, -0.15) is 0 Å². The van der Waals surface area contributed by atoms with Crippen LogP contribution < -0.4 is 5.73 Å². The topological polar surface area (TPSA) is 72.5 Å². The predicted octanol–water partition coefficient (Wildman–Crippen LogP) is -0.000900. The molecule has 0 amide bonds. The van der Waals surface area contributed by atoms with Crippen molar-refractivity contribution in [1.29, 1.82) is 0 Å². The van der Waals surface area contributed by atoms with E-state index in [0.717, 1.165) is 0 Å². The molecule has 70 valence electrons. The summed E-state index contributed by atoms with van der Waals surface area (Å²) in [6, 6.07) is 0.0521. The molecule has 4 nitrogen and oxygen atoms in total. The zero-order valence-corrected chi connectivity index (χ0v) is 7.34. The van der Waals surface area contributed by atoms with Crippen molar-refractivity contribution in [2.24, 2.45) is 11.7 Å². The maximum absolute atomic E-state index is 10.7. The first kappa shape index (κ1) is 9.77. The number of carbonyl (C=O) groups is 1. The van der Waals surface area contributed by atoms with Crippen LogP contribution in [0.5, 0.6) is 0 Å². The third kappa shape index (κ3) is 1.11. The van der Waals surface area contributed by atoms with Gasteiger partial charge >= 0.3 is 5.97 Å². The van der Waals surface area contributed by atoms with Crippen LogP contribution in [0.25, 0.3) is 0 Å². The van der Waals surface area contributed by atoms with Gasteiger partial charge in [-0.3, -0.25) is 0 Å². The Morgan fingerprint density at radius 2 is 2.17 bits per heavy atom. The van der Waals surface area contributed by atoms with Gasteiger partial charge in [-0.25, -0.2) is 4.79 Å². The van der Waals surface area contributed by atoms with Gasteiger partial charge in [0.05, 0.1) is 6.61 Å². The molecule has 1 saturated carbocycles. The molecule has 0 aromatic heterocycles. The van der Waals surface area contributed by atoms with Crippen molar-refractivity contribution in [3.63, 3.8) is 0 Å². The number of hydrogen-bond donors (Lipinski definition) is 2. The first-order chi connectivity index (χ1) is 5.14. The number of nitrogens with two attached hydrogens (primary N) is 1. The van der Waals surface area contributed by atoms with Gasteiger partial charge < -0.3 is 15.6 Å². The van der Waals surface area contributed by atoms with Gasteiger partial charge in [-0.05, 0) is 18.8 Å². The fraction of sp³-hybridized carbons (Fsp3) is 0.857. The summed E-state index contributed by atoms with van der Waals surface area (Å²) < 4.78 is 5.18. The Bertz CT molecular complexity index is 197. The molecule has 5 heteroatoms. The van der Waals surface area contributed by atoms with E-state index in [1.165, 1.54) is 0 Å². The molecular formula is C7H12ClNO3. The molecule has 2 bridgehead atoms. The van der Waals surface area contributed by atoms with E-state index in [1.54, 1.807) is 0 Å². The van der Waals surface area contributed by atoms with Crippen LogP contribution in [-0.4, -0.2) is 29.3 Å². The minimum absolute atomic E-state index is 0. The minimum atomic E-state index is -0.861. The Labute approximate surface area is 76.5 Å². The summed E-state index contributed by atoms with van der Waals surface area (Å²) in [5.41, 5.74) is 4.80. The van der Waals surface area contributed by atoms with Gasteiger partial charge in [-0.15, -0.1) is 12.4 Å². The van der Waals surface area contributed by atoms with E-state index in [-0.39, 0.29) is 18.4 Å². The molecule has 1 unspecified atom stereocenters. The number of halogens is 1. The van der Waals surface area contributed by atoms with E-state index in [2.05, 4.69) is 0 Å². The number of hydrogen-bond acceptors (Lipinski definition) is 3. The third-order valence-corrected chi connectivity index (χ3v) is 2.73. The molecule has 2 heterocycles. The highest BCUT2D eigenvalue weighted by Crippen LogP contribution is 2.46. The lowest BCUT2D eigenvalue weighted by Gasteiger charge is -2.51. The molecule has 3 N–H and O–H groups in total. The fourth-order valence-electron chi connectivity index (χ4n) is 1.84. The summed E-state index contributed by atoms with van der Waals surface area (Å²) in [5.74, 6) is -0.458. The SMILES string of the molecule is Cl.NC1COC2(C(=O)O)CC1C2. The van der Waals surface area contributed by atoms with Crippen LogP contribution in [0.2, 0.25) is 0 Å². The van der Waals surface area contributed by atoms with Crippen molar-refractivity contribution in [3.05, 3.63) is 0 Å². The van der Waals surface area contributed by atoms with Crippen LogP contribution in [0.1, 0.15) is 12.8 Å². The highest BCUT2D eigenvalue weighted by atomic mass is 35.5. The first-order valence-corrected chi connectivity index (χ1v) is 3.77. The lowest BCUT2D eigenvalue weighted by atomic mass is 9.65. The van der Waals surface area contributed by atoms with Crippen molar-refractivity contribution < 1.29 is 14.6 Å². The van der Waals surface area contributed by atoms with Crippen molar-refractivity contribution in [1.82, 2.24) is 0 Å². The number of aliphatic carboxylic acids is 1. The van der Waals surface area contributed by atoms with E-state index in [9.17, 15) is 4.79 Å². The monoisotopic (exact) mass is 193 g/mol. The largest absolute Gasteiger partial charge is 0.479 e. The summed E-state index contributed by atoms with van der Waals surface area (Å²) in [6.07, 6.45) is 1.20. The second-order valence-corrected chi connectivity index (χ2v) is 3.44. The van der Waals surface area contributed by atoms with Crippen LogP contribution in [-0.2, 0) is 9.53 Å². The van der Waals surface area contributed by atoms with E-state index in [4.69, 9.17) is 15.6 Å². The van der Waals surface area contributed by atoms with Gasteiger partial charge in [0.1, 0.15) is 0 Å². The molecule has 3 fully saturated rings. The number of rotatable bonds is 1. The maximum atomic E-state index is 10.7. The molecule has 2 saturated heterocycles. The van der Waals surface area contributed by atoms with Gasteiger partial charge in [0.25, 0.3) is 0 Å². The van der Waals surface area contributed by atoms with E-state index >= 15 is 0 Å². The van der Waals surface area contributed by atoms with Crippen molar-refractivity contribution in [2.75, 3.05) is 6.61 Å². The maximum Gasteiger partial charge on any atom is 0.335 e. The van der Waals surface area contributed by atoms with E-state index in [1.807, 2.05) is 0 Å². The van der Waals surface area contributed by atoms with Crippen LogP contribution in [0.4, 0.5) is 0 Å². The Hall–Kier alpha value is -0.320. The number of ether oxygens (including phenoxy) is 1. The second-order valence-electron chi connectivity index (χ2n) is 3.44. The molecule has 0 aromatic carbocycles. The zero-order chi connectivity index (χ0) is 8.06. The van der Waals surface area contributed by atoms with Crippen LogP contribution in [0.15, 0.2) is 0 Å². The molecule has 0 spiro atoms. The Balaban J connectivity index is 0.000000720. The fourth-order valence-corrected chi connectivity index (χ4v) is 1.84. The first-order valence-electron chi connectivity index (χ1n) is 3.77. The van der Waals surface area contributed by atoms with Crippen LogP contribution in [0.3, 0.4) is 0 Å². The summed E-state index contributed by atoms with van der Waals surface area (Å²) in [6.45, 7) is 0.400. The summed E-state index contributed by atoms with van der Waals surface area (Å²) in [7, 11) is 0. The summed E-state index contributed by atoms with van der Waals surface area (Å²) in [5, 5.41) is 8.76. The predicted molar refractivity (Wildman–Crippen MR) is 44.3 cm³/mol. The van der Waals surface area contributed by atoms with Crippen LogP contribution in [0, 0.1) is 5.92 Å². The van der Waals surface area contributed by atoms with Gasteiger partial charge in [0.2, 0.25) is 0 Å². The molecule has 3 rings (SSSR count). The average Bonchev–Trinajstić information content (AvgIpc) is 1.84. The summed E-state index contributed by atoms with van der Waals surface area (Å²) in [4.78, 5) is 10.7. The molecule has 0 aromatic rings. The lowest BCUT2D eigenvalue weighted by Crippen LogP contribution is -2.63. The van der Waals surface area contributed by atoms with Crippen LogP contribution >= 0.6 is 12.4 Å². The van der Waals surface area contributed by atoms with Gasteiger partial charge in [0.15, 0.2) is 5.60 Å². The number of fused-ring (bicyclic) bond motifs is 2. The number of carboxylic acids is 1. The average molecular weight is 194 g/mol. The molecule has 0 radical (unpaired) electrons. The molecule has 2 aliphatic heterocycles. The molecule has 1 aliphatic carbocycles. The quantitative estimate of drug-likeness (QED) is 0.615. The number of carboxylic acid groups (broad SMARTS) is 1. The zero-order valence-electron chi connectivity index (χ0n) is 6.53. The highest BCUT2D eigenvalue weighted by molar-refractivity contribution is 5.85. The Kier molecular flexibility index (Phi) is 2.33. The van der Waals surface area contributed by atoms with Gasteiger partial charge in [-0.1, -0.05) is 0 Å². The summed E-state index contributed by atoms with van der Waals surface area (Å²) >= 11 is 0. The molecule has 3 aliphatic rings. The van der Waals surface area contributed by atoms with Crippen molar-refractivity contribution in [3.8, 4) is 0 Å². The second kappa shape index (κ2) is 2.87. The minimum Gasteiger partial charge on any atom is -0.479 e. The normalized spacial score (nSPS) is 44.1. The molecule has 12 heavy (non-hydrogen) atoms. The highest BCUT2D eigenvalue weighted by Gasteiger charge is 2.57. The molecular weight excluding hydrogens is 182 g/mol. The van der Waals surface area contributed by atoms with Crippen molar-refractivity contribution in [2.45, 2.75) is 24.5 Å². The smallest absolute Gasteiger partial charge is 0.335 e. The van der Waals surface area contributed by atoms with Gasteiger partial charge in [0, 0.05) is 6.04 Å². The Morgan fingerprint density at radius 3 is 2.50 bits per heavy atom. The van der Waals surface area contributed by atoms with E-state index in [0.29, 0.717) is 25.4 Å².